The van der Waals surface area contributed by atoms with Crippen molar-refractivity contribution in [1.82, 2.24) is 4.98 Å². The maximum Gasteiger partial charge on any atom is 0.227 e. The maximum absolute atomic E-state index is 12.1. The monoisotopic (exact) mass is 322 g/mol. The van der Waals surface area contributed by atoms with Gasteiger partial charge in [0.15, 0.2) is 0 Å². The van der Waals surface area contributed by atoms with E-state index in [4.69, 9.17) is 9.47 Å². The van der Waals surface area contributed by atoms with Gasteiger partial charge in [-0.2, -0.15) is 0 Å². The molecule has 0 spiro atoms. The Bertz CT molecular complexity index is 826. The summed E-state index contributed by atoms with van der Waals surface area (Å²) in [5, 5.41) is 3.88. The second kappa shape index (κ2) is 7.46. The summed E-state index contributed by atoms with van der Waals surface area (Å²) in [5.41, 5.74) is 1.49. The Balaban J connectivity index is 1.55. The summed E-state index contributed by atoms with van der Waals surface area (Å²) in [7, 11) is 1.61. The molecule has 24 heavy (non-hydrogen) atoms. The zero-order chi connectivity index (χ0) is 16.8. The predicted molar refractivity (Wildman–Crippen MR) is 93.5 cm³/mol. The molecule has 2 aromatic carbocycles. The van der Waals surface area contributed by atoms with Crippen LogP contribution in [0.3, 0.4) is 0 Å². The standard InChI is InChI=1S/C19H18N2O3/c1-23-15-7-9-16(10-8-15)24-13-11-18(22)21-17-6-2-4-14-5-3-12-20-19(14)17/h2-10,12H,11,13H2,1H3,(H,21,22). The highest BCUT2D eigenvalue weighted by Crippen LogP contribution is 2.21. The van der Waals surface area contributed by atoms with E-state index in [0.29, 0.717) is 18.0 Å². The smallest absolute Gasteiger partial charge is 0.227 e. The van der Waals surface area contributed by atoms with Gasteiger partial charge >= 0.3 is 0 Å². The molecule has 3 aromatic rings. The summed E-state index contributed by atoms with van der Waals surface area (Å²) in [6.45, 7) is 0.302. The van der Waals surface area contributed by atoms with Crippen LogP contribution in [-0.4, -0.2) is 24.6 Å². The van der Waals surface area contributed by atoms with Crippen LogP contribution in [0.5, 0.6) is 11.5 Å². The number of carbonyl (C=O) groups is 1. The third kappa shape index (κ3) is 3.81. The van der Waals surface area contributed by atoms with Crippen LogP contribution in [0.25, 0.3) is 10.9 Å². The molecule has 1 aromatic heterocycles. The van der Waals surface area contributed by atoms with Crippen molar-refractivity contribution in [2.24, 2.45) is 0 Å². The van der Waals surface area contributed by atoms with Crippen LogP contribution in [-0.2, 0) is 4.79 Å². The molecule has 0 bridgehead atoms. The number of ether oxygens (including phenoxy) is 2. The third-order valence-corrected chi connectivity index (χ3v) is 3.56. The molecule has 0 saturated carbocycles. The Kier molecular flexibility index (Phi) is 4.91. The molecule has 0 aliphatic heterocycles. The van der Waals surface area contributed by atoms with E-state index >= 15 is 0 Å². The van der Waals surface area contributed by atoms with Gasteiger partial charge in [-0.3, -0.25) is 9.78 Å². The molecule has 0 aliphatic carbocycles. The summed E-state index contributed by atoms with van der Waals surface area (Å²) in [5.74, 6) is 1.36. The number of fused-ring (bicyclic) bond motifs is 1. The van der Waals surface area contributed by atoms with Gasteiger partial charge in [0.25, 0.3) is 0 Å². The Hall–Kier alpha value is -3.08. The minimum Gasteiger partial charge on any atom is -0.497 e. The van der Waals surface area contributed by atoms with Gasteiger partial charge in [0, 0.05) is 11.6 Å². The lowest BCUT2D eigenvalue weighted by Crippen LogP contribution is -2.15. The molecule has 0 radical (unpaired) electrons. The average Bonchev–Trinajstić information content (AvgIpc) is 2.63. The fraction of sp³-hybridized carbons (Fsp3) is 0.158. The molecule has 0 saturated heterocycles. The lowest BCUT2D eigenvalue weighted by atomic mass is 10.2. The van der Waals surface area contributed by atoms with Crippen LogP contribution in [0.15, 0.2) is 60.8 Å². The van der Waals surface area contributed by atoms with Crippen LogP contribution in [0.2, 0.25) is 0 Å². The van der Waals surface area contributed by atoms with Gasteiger partial charge < -0.3 is 14.8 Å². The molecule has 0 aliphatic rings. The number of hydrogen-bond donors (Lipinski definition) is 1. The maximum atomic E-state index is 12.1. The molecule has 0 unspecified atom stereocenters. The number of anilines is 1. The van der Waals surface area contributed by atoms with Crippen LogP contribution in [0, 0.1) is 0 Å². The van der Waals surface area contributed by atoms with Gasteiger partial charge in [0.05, 0.1) is 31.3 Å². The highest BCUT2D eigenvalue weighted by molar-refractivity contribution is 6.00. The van der Waals surface area contributed by atoms with E-state index in [1.807, 2.05) is 54.6 Å². The highest BCUT2D eigenvalue weighted by atomic mass is 16.5. The Labute approximate surface area is 140 Å². The van der Waals surface area contributed by atoms with E-state index in [1.54, 1.807) is 13.3 Å². The SMILES string of the molecule is COc1ccc(OCCC(=O)Nc2cccc3cccnc23)cc1. The number of methoxy groups -OCH3 is 1. The molecule has 1 heterocycles. The zero-order valence-corrected chi connectivity index (χ0v) is 13.4. The number of rotatable bonds is 6. The summed E-state index contributed by atoms with van der Waals surface area (Å²) >= 11 is 0. The minimum absolute atomic E-state index is 0.110. The predicted octanol–water partition coefficient (Wildman–Crippen LogP) is 3.65. The van der Waals surface area contributed by atoms with Crippen molar-refractivity contribution in [2.75, 3.05) is 19.0 Å². The van der Waals surface area contributed by atoms with E-state index < -0.39 is 0 Å². The van der Waals surface area contributed by atoms with Crippen molar-refractivity contribution in [2.45, 2.75) is 6.42 Å². The van der Waals surface area contributed by atoms with Gasteiger partial charge in [0.2, 0.25) is 5.91 Å². The first-order chi connectivity index (χ1) is 11.8. The first-order valence-corrected chi connectivity index (χ1v) is 7.67. The molecule has 122 valence electrons. The van der Waals surface area contributed by atoms with Crippen LogP contribution >= 0.6 is 0 Å². The number of para-hydroxylation sites is 1. The Morgan fingerprint density at radius 3 is 2.58 bits per heavy atom. The fourth-order valence-electron chi connectivity index (χ4n) is 2.35. The number of hydrogen-bond acceptors (Lipinski definition) is 4. The van der Waals surface area contributed by atoms with Gasteiger partial charge in [-0.15, -0.1) is 0 Å². The molecule has 0 atom stereocenters. The molecular formula is C19H18N2O3. The Morgan fingerprint density at radius 2 is 1.79 bits per heavy atom. The number of nitrogens with one attached hydrogen (secondary N) is 1. The second-order valence-electron chi connectivity index (χ2n) is 5.20. The first kappa shape index (κ1) is 15.8. The molecule has 5 heteroatoms. The molecular weight excluding hydrogens is 304 g/mol. The van der Waals surface area contributed by atoms with Crippen molar-refractivity contribution < 1.29 is 14.3 Å². The van der Waals surface area contributed by atoms with Crippen LogP contribution < -0.4 is 14.8 Å². The number of benzene rings is 2. The van der Waals surface area contributed by atoms with Crippen molar-refractivity contribution in [3.05, 3.63) is 60.8 Å². The van der Waals surface area contributed by atoms with Gasteiger partial charge in [-0.05, 0) is 36.4 Å². The third-order valence-electron chi connectivity index (χ3n) is 3.56. The Morgan fingerprint density at radius 1 is 1.04 bits per heavy atom. The average molecular weight is 322 g/mol. The van der Waals surface area contributed by atoms with Crippen molar-refractivity contribution in [1.29, 1.82) is 0 Å². The zero-order valence-electron chi connectivity index (χ0n) is 13.4. The molecule has 0 fully saturated rings. The number of amides is 1. The second-order valence-corrected chi connectivity index (χ2v) is 5.20. The van der Waals surface area contributed by atoms with Crippen molar-refractivity contribution in [3.8, 4) is 11.5 Å². The number of pyridine rings is 1. The largest absolute Gasteiger partial charge is 0.497 e. The number of aromatic nitrogens is 1. The lowest BCUT2D eigenvalue weighted by molar-refractivity contribution is -0.116. The molecule has 1 amide bonds. The lowest BCUT2D eigenvalue weighted by Gasteiger charge is -2.09. The summed E-state index contributed by atoms with van der Waals surface area (Å²) < 4.78 is 10.7. The normalized spacial score (nSPS) is 10.4. The van der Waals surface area contributed by atoms with Gasteiger partial charge in [0.1, 0.15) is 11.5 Å². The summed E-state index contributed by atoms with van der Waals surface area (Å²) in [6, 6.07) is 16.8. The number of nitrogens with zero attached hydrogens (tertiary/aromatic N) is 1. The minimum atomic E-state index is -0.110. The van der Waals surface area contributed by atoms with Gasteiger partial charge in [-0.1, -0.05) is 18.2 Å². The van der Waals surface area contributed by atoms with Crippen molar-refractivity contribution in [3.63, 3.8) is 0 Å². The highest BCUT2D eigenvalue weighted by Gasteiger charge is 2.07. The van der Waals surface area contributed by atoms with Gasteiger partial charge in [-0.25, -0.2) is 0 Å². The van der Waals surface area contributed by atoms with E-state index in [9.17, 15) is 4.79 Å². The topological polar surface area (TPSA) is 60.5 Å². The van der Waals surface area contributed by atoms with Crippen LogP contribution in [0.1, 0.15) is 6.42 Å². The van der Waals surface area contributed by atoms with E-state index in [0.717, 1.165) is 16.7 Å². The van der Waals surface area contributed by atoms with Crippen molar-refractivity contribution >= 4 is 22.5 Å². The quantitative estimate of drug-likeness (QED) is 0.752. The van der Waals surface area contributed by atoms with E-state index in [1.165, 1.54) is 0 Å². The summed E-state index contributed by atoms with van der Waals surface area (Å²) in [6.07, 6.45) is 1.97. The van der Waals surface area contributed by atoms with E-state index in [-0.39, 0.29) is 12.3 Å². The fourth-order valence-corrected chi connectivity index (χ4v) is 2.35. The first-order valence-electron chi connectivity index (χ1n) is 7.67. The number of carbonyl (C=O) groups excluding carboxylic acids is 1. The van der Waals surface area contributed by atoms with Crippen LogP contribution in [0.4, 0.5) is 5.69 Å². The molecule has 1 N–H and O–H groups in total. The molecule has 5 nitrogen and oxygen atoms in total. The molecule has 3 rings (SSSR count). The van der Waals surface area contributed by atoms with E-state index in [2.05, 4.69) is 10.3 Å². The summed E-state index contributed by atoms with van der Waals surface area (Å²) in [4.78, 5) is 16.4.